The van der Waals surface area contributed by atoms with E-state index in [-0.39, 0.29) is 17.8 Å². The van der Waals surface area contributed by atoms with Crippen molar-refractivity contribution in [2.75, 3.05) is 20.6 Å². The Morgan fingerprint density at radius 1 is 1.12 bits per heavy atom. The summed E-state index contributed by atoms with van der Waals surface area (Å²) in [5, 5.41) is 21.3. The number of rotatable bonds is 6. The topological polar surface area (TPSA) is 52.9 Å². The molecule has 0 amide bonds. The minimum absolute atomic E-state index is 0.0498. The highest BCUT2D eigenvalue weighted by Gasteiger charge is 2.44. The first-order valence-corrected chi connectivity index (χ1v) is 9.29. The van der Waals surface area contributed by atoms with Crippen molar-refractivity contribution in [1.82, 2.24) is 4.90 Å². The minimum Gasteiger partial charge on any atom is -0.508 e. The molecule has 140 valence electrons. The highest BCUT2D eigenvalue weighted by atomic mass is 16.5. The first kappa shape index (κ1) is 18.9. The number of benzene rings is 2. The normalized spacial score (nSPS) is 26.2. The Bertz CT molecular complexity index is 704. The number of nitrogens with zero attached hydrogens (tertiary/aromatic N) is 1. The molecule has 26 heavy (non-hydrogen) atoms. The quantitative estimate of drug-likeness (QED) is 0.832. The van der Waals surface area contributed by atoms with Crippen LogP contribution in [-0.4, -0.2) is 41.9 Å². The summed E-state index contributed by atoms with van der Waals surface area (Å²) in [5.41, 5.74) is 1.03. The molecule has 4 nitrogen and oxygen atoms in total. The van der Waals surface area contributed by atoms with Crippen LogP contribution in [0, 0.1) is 5.92 Å². The lowest BCUT2D eigenvalue weighted by Gasteiger charge is -2.44. The van der Waals surface area contributed by atoms with Crippen LogP contribution >= 0.6 is 0 Å². The third-order valence-corrected chi connectivity index (χ3v) is 5.33. The molecule has 4 heteroatoms. The molecule has 2 aromatic rings. The summed E-state index contributed by atoms with van der Waals surface area (Å²) in [4.78, 5) is 2.11. The zero-order valence-electron chi connectivity index (χ0n) is 15.6. The maximum atomic E-state index is 11.5. The second-order valence-corrected chi connectivity index (χ2v) is 7.63. The van der Waals surface area contributed by atoms with Crippen molar-refractivity contribution in [2.24, 2.45) is 5.92 Å². The van der Waals surface area contributed by atoms with Crippen LogP contribution in [0.3, 0.4) is 0 Å². The summed E-state index contributed by atoms with van der Waals surface area (Å²) in [6.45, 7) is 1.38. The molecule has 0 radical (unpaired) electrons. The van der Waals surface area contributed by atoms with Gasteiger partial charge in [0.15, 0.2) is 0 Å². The van der Waals surface area contributed by atoms with E-state index in [1.807, 2.05) is 38.4 Å². The first-order chi connectivity index (χ1) is 12.5. The summed E-state index contributed by atoms with van der Waals surface area (Å²) in [6.07, 6.45) is 2.38. The molecule has 2 N–H and O–H groups in total. The Kier molecular flexibility index (Phi) is 5.97. The van der Waals surface area contributed by atoms with E-state index < -0.39 is 5.60 Å². The smallest absolute Gasteiger partial charge is 0.115 e. The SMILES string of the molecule is CN(C)C[C@@H]1C[C@@H](OCc2ccccc2)CC[C@@]1(O)c1cccc(O)c1. The molecular weight excluding hydrogens is 326 g/mol. The van der Waals surface area contributed by atoms with Crippen molar-refractivity contribution < 1.29 is 14.9 Å². The van der Waals surface area contributed by atoms with Gasteiger partial charge in [-0.3, -0.25) is 0 Å². The molecular formula is C22H29NO3. The lowest BCUT2D eigenvalue weighted by molar-refractivity contribution is -0.110. The molecule has 3 atom stereocenters. The fraction of sp³-hybridized carbons (Fsp3) is 0.455. The van der Waals surface area contributed by atoms with Crippen molar-refractivity contribution in [3.05, 3.63) is 65.7 Å². The van der Waals surface area contributed by atoms with Crippen molar-refractivity contribution in [3.8, 4) is 5.75 Å². The van der Waals surface area contributed by atoms with Gasteiger partial charge in [0.05, 0.1) is 18.3 Å². The Balaban J connectivity index is 1.72. The summed E-state index contributed by atoms with van der Waals surface area (Å²) in [5.74, 6) is 0.246. The molecule has 1 saturated carbocycles. The molecule has 1 fully saturated rings. The van der Waals surface area contributed by atoms with Gasteiger partial charge in [0.25, 0.3) is 0 Å². The largest absolute Gasteiger partial charge is 0.508 e. The molecule has 0 unspecified atom stereocenters. The molecule has 0 aliphatic heterocycles. The summed E-state index contributed by atoms with van der Waals surface area (Å²) in [6, 6.07) is 17.2. The van der Waals surface area contributed by atoms with Crippen molar-refractivity contribution in [3.63, 3.8) is 0 Å². The van der Waals surface area contributed by atoms with Crippen LogP contribution in [-0.2, 0) is 16.9 Å². The molecule has 0 heterocycles. The van der Waals surface area contributed by atoms with Crippen LogP contribution in [0.2, 0.25) is 0 Å². The second kappa shape index (κ2) is 8.21. The van der Waals surface area contributed by atoms with E-state index in [4.69, 9.17) is 4.74 Å². The monoisotopic (exact) mass is 355 g/mol. The van der Waals surface area contributed by atoms with E-state index >= 15 is 0 Å². The number of aromatic hydroxyl groups is 1. The number of ether oxygens (including phenoxy) is 1. The van der Waals surface area contributed by atoms with Crippen molar-refractivity contribution in [2.45, 2.75) is 37.6 Å². The Hall–Kier alpha value is -1.88. The second-order valence-electron chi connectivity index (χ2n) is 7.63. The summed E-state index contributed by atoms with van der Waals surface area (Å²) < 4.78 is 6.15. The molecule has 0 bridgehead atoms. The molecule has 0 saturated heterocycles. The standard InChI is InChI=1S/C22H29NO3/c1-23(2)15-19-14-21(26-16-17-7-4-3-5-8-17)11-12-22(19,25)18-9-6-10-20(24)13-18/h3-10,13,19,21,24-25H,11-12,14-16H2,1-2H3/t19-,21-,22+/m0/s1. The zero-order valence-corrected chi connectivity index (χ0v) is 15.6. The van der Waals surface area contributed by atoms with Crippen LogP contribution in [0.4, 0.5) is 0 Å². The Morgan fingerprint density at radius 3 is 2.58 bits per heavy atom. The molecule has 0 aromatic heterocycles. The highest BCUT2D eigenvalue weighted by Crippen LogP contribution is 2.43. The summed E-state index contributed by atoms with van der Waals surface area (Å²) >= 11 is 0. The third kappa shape index (κ3) is 4.44. The highest BCUT2D eigenvalue weighted by molar-refractivity contribution is 5.32. The third-order valence-electron chi connectivity index (χ3n) is 5.33. The molecule has 3 rings (SSSR count). The van der Waals surface area contributed by atoms with E-state index in [9.17, 15) is 10.2 Å². The maximum Gasteiger partial charge on any atom is 0.115 e. The van der Waals surface area contributed by atoms with Crippen molar-refractivity contribution in [1.29, 1.82) is 0 Å². The van der Waals surface area contributed by atoms with E-state index in [1.54, 1.807) is 18.2 Å². The van der Waals surface area contributed by atoms with Crippen LogP contribution in [0.1, 0.15) is 30.4 Å². The van der Waals surface area contributed by atoms with E-state index in [2.05, 4.69) is 17.0 Å². The van der Waals surface area contributed by atoms with Crippen molar-refractivity contribution >= 4 is 0 Å². The number of phenols is 1. The molecule has 2 aromatic carbocycles. The Labute approximate surface area is 156 Å². The summed E-state index contributed by atoms with van der Waals surface area (Å²) in [7, 11) is 4.05. The predicted octanol–water partition coefficient (Wildman–Crippen LogP) is 3.53. The van der Waals surface area contributed by atoms with Gasteiger partial charge in [-0.1, -0.05) is 42.5 Å². The van der Waals surface area contributed by atoms with Crippen LogP contribution in [0.5, 0.6) is 5.75 Å². The van der Waals surface area contributed by atoms with Crippen LogP contribution < -0.4 is 0 Å². The fourth-order valence-corrected chi connectivity index (χ4v) is 3.98. The molecule has 1 aliphatic carbocycles. The van der Waals surface area contributed by atoms with E-state index in [0.717, 1.165) is 24.9 Å². The van der Waals surface area contributed by atoms with Gasteiger partial charge in [0, 0.05) is 12.5 Å². The number of hydrogen-bond acceptors (Lipinski definition) is 4. The average molecular weight is 355 g/mol. The molecule has 1 aliphatic rings. The van der Waals surface area contributed by atoms with E-state index in [0.29, 0.717) is 13.0 Å². The van der Waals surface area contributed by atoms with Gasteiger partial charge >= 0.3 is 0 Å². The van der Waals surface area contributed by atoms with Gasteiger partial charge in [-0.2, -0.15) is 0 Å². The first-order valence-electron chi connectivity index (χ1n) is 9.29. The van der Waals surface area contributed by atoms with Crippen LogP contribution in [0.25, 0.3) is 0 Å². The van der Waals surface area contributed by atoms with Gasteiger partial charge in [-0.25, -0.2) is 0 Å². The maximum absolute atomic E-state index is 11.5. The van der Waals surface area contributed by atoms with Gasteiger partial charge in [-0.15, -0.1) is 0 Å². The lowest BCUT2D eigenvalue weighted by Crippen LogP contribution is -2.46. The molecule has 0 spiro atoms. The lowest BCUT2D eigenvalue weighted by atomic mass is 9.70. The van der Waals surface area contributed by atoms with Gasteiger partial charge in [-0.05, 0) is 56.6 Å². The van der Waals surface area contributed by atoms with E-state index in [1.165, 1.54) is 5.56 Å². The average Bonchev–Trinajstić information content (AvgIpc) is 2.63. The number of phenolic OH excluding ortho intramolecular Hbond substituents is 1. The van der Waals surface area contributed by atoms with Gasteiger partial charge < -0.3 is 19.8 Å². The minimum atomic E-state index is -0.935. The van der Waals surface area contributed by atoms with Crippen LogP contribution in [0.15, 0.2) is 54.6 Å². The fourth-order valence-electron chi connectivity index (χ4n) is 3.98. The predicted molar refractivity (Wildman–Crippen MR) is 103 cm³/mol. The van der Waals surface area contributed by atoms with Gasteiger partial charge in [0.1, 0.15) is 5.75 Å². The number of aliphatic hydroxyl groups is 1. The zero-order chi connectivity index (χ0) is 18.6. The Morgan fingerprint density at radius 2 is 1.88 bits per heavy atom. The van der Waals surface area contributed by atoms with Gasteiger partial charge in [0.2, 0.25) is 0 Å². The number of hydrogen-bond donors (Lipinski definition) is 2.